The maximum Gasteiger partial charge on any atom is 0.251 e. The van der Waals surface area contributed by atoms with Gasteiger partial charge in [-0.3, -0.25) is 4.79 Å². The predicted octanol–water partition coefficient (Wildman–Crippen LogP) is 4.11. The highest BCUT2D eigenvalue weighted by atomic mass is 35.5. The zero-order valence-corrected chi connectivity index (χ0v) is 15.2. The molecule has 0 aliphatic rings. The molecule has 2 aromatic carbocycles. The Morgan fingerprint density at radius 2 is 1.92 bits per heavy atom. The number of nitrogens with zero attached hydrogens (tertiary/aromatic N) is 2. The van der Waals surface area contributed by atoms with Crippen LogP contribution in [0, 0.1) is 0 Å². The smallest absolute Gasteiger partial charge is 0.251 e. The van der Waals surface area contributed by atoms with Gasteiger partial charge in [-0.15, -0.1) is 0 Å². The summed E-state index contributed by atoms with van der Waals surface area (Å²) in [6.45, 7) is 4.02. The topological polar surface area (TPSA) is 77.2 Å². The number of ether oxygens (including phenoxy) is 1. The van der Waals surface area contributed by atoms with Gasteiger partial charge in [-0.2, -0.15) is 4.98 Å². The highest BCUT2D eigenvalue weighted by Gasteiger charge is 2.13. The molecule has 26 heavy (non-hydrogen) atoms. The molecule has 0 spiro atoms. The fraction of sp³-hybridized carbons (Fsp3) is 0.211. The number of carbonyl (C=O) groups excluding carboxylic acids is 1. The number of hydrogen-bond donors (Lipinski definition) is 1. The first-order valence-electron chi connectivity index (χ1n) is 8.15. The Hall–Kier alpha value is -2.86. The number of benzene rings is 2. The zero-order valence-electron chi connectivity index (χ0n) is 14.4. The number of carbonyl (C=O) groups is 1. The maximum atomic E-state index is 12.2. The van der Waals surface area contributed by atoms with Crippen molar-refractivity contribution in [2.75, 3.05) is 0 Å². The van der Waals surface area contributed by atoms with Crippen LogP contribution in [0.5, 0.6) is 5.75 Å². The summed E-state index contributed by atoms with van der Waals surface area (Å²) in [5, 5.41) is 7.18. The van der Waals surface area contributed by atoms with E-state index >= 15 is 0 Å². The molecule has 1 amide bonds. The molecule has 3 aromatic rings. The summed E-state index contributed by atoms with van der Waals surface area (Å²) in [7, 11) is 0. The van der Waals surface area contributed by atoms with Crippen LogP contribution in [0.25, 0.3) is 11.4 Å². The molecule has 0 atom stereocenters. The molecule has 0 aliphatic heterocycles. The van der Waals surface area contributed by atoms with Gasteiger partial charge in [0.1, 0.15) is 5.75 Å². The third-order valence-electron chi connectivity index (χ3n) is 3.47. The average molecular weight is 372 g/mol. The van der Waals surface area contributed by atoms with E-state index in [4.69, 9.17) is 20.9 Å². The molecule has 0 fully saturated rings. The fourth-order valence-corrected chi connectivity index (χ4v) is 2.51. The van der Waals surface area contributed by atoms with Gasteiger partial charge >= 0.3 is 0 Å². The van der Waals surface area contributed by atoms with Crippen molar-refractivity contribution >= 4 is 17.5 Å². The highest BCUT2D eigenvalue weighted by Crippen LogP contribution is 2.24. The molecule has 1 N–H and O–H groups in total. The number of hydrogen-bond acceptors (Lipinski definition) is 5. The second kappa shape index (κ2) is 8.01. The third kappa shape index (κ3) is 4.40. The van der Waals surface area contributed by atoms with Crippen molar-refractivity contribution in [1.82, 2.24) is 15.5 Å². The first-order chi connectivity index (χ1) is 12.5. The minimum absolute atomic E-state index is 0.0829. The Kier molecular flexibility index (Phi) is 5.53. The van der Waals surface area contributed by atoms with E-state index in [1.165, 1.54) is 0 Å². The van der Waals surface area contributed by atoms with E-state index in [2.05, 4.69) is 15.5 Å². The molecule has 0 radical (unpaired) electrons. The number of amides is 1. The number of nitrogens with one attached hydrogen (secondary N) is 1. The van der Waals surface area contributed by atoms with Crippen molar-refractivity contribution < 1.29 is 14.1 Å². The van der Waals surface area contributed by atoms with Crippen molar-refractivity contribution in [3.63, 3.8) is 0 Å². The Morgan fingerprint density at radius 3 is 2.62 bits per heavy atom. The van der Waals surface area contributed by atoms with Crippen LogP contribution in [0.1, 0.15) is 30.1 Å². The summed E-state index contributed by atoms with van der Waals surface area (Å²) in [6, 6.07) is 14.1. The van der Waals surface area contributed by atoms with Crippen LogP contribution in [0.2, 0.25) is 5.02 Å². The fourth-order valence-electron chi connectivity index (χ4n) is 2.29. The van der Waals surface area contributed by atoms with Gasteiger partial charge < -0.3 is 14.6 Å². The Morgan fingerprint density at radius 1 is 1.19 bits per heavy atom. The summed E-state index contributed by atoms with van der Waals surface area (Å²) >= 11 is 6.12. The van der Waals surface area contributed by atoms with Crippen molar-refractivity contribution in [2.24, 2.45) is 0 Å². The summed E-state index contributed by atoms with van der Waals surface area (Å²) in [5.74, 6) is 1.17. The van der Waals surface area contributed by atoms with Crippen molar-refractivity contribution in [2.45, 2.75) is 26.5 Å². The van der Waals surface area contributed by atoms with Crippen LogP contribution in [0.3, 0.4) is 0 Å². The van der Waals surface area contributed by atoms with E-state index in [0.29, 0.717) is 27.9 Å². The molecule has 0 aliphatic carbocycles. The summed E-state index contributed by atoms with van der Waals surface area (Å²) < 4.78 is 10.7. The Labute approximate surface area is 156 Å². The maximum absolute atomic E-state index is 12.2. The molecule has 134 valence electrons. The highest BCUT2D eigenvalue weighted by molar-refractivity contribution is 6.33. The Balaban J connectivity index is 1.61. The van der Waals surface area contributed by atoms with Crippen molar-refractivity contribution in [3.8, 4) is 17.1 Å². The monoisotopic (exact) mass is 371 g/mol. The lowest BCUT2D eigenvalue weighted by Crippen LogP contribution is -2.22. The van der Waals surface area contributed by atoms with E-state index in [0.717, 1.165) is 5.75 Å². The molecular weight excluding hydrogens is 354 g/mol. The molecule has 6 nitrogen and oxygen atoms in total. The van der Waals surface area contributed by atoms with Gasteiger partial charge in [0.15, 0.2) is 0 Å². The third-order valence-corrected chi connectivity index (χ3v) is 3.80. The summed E-state index contributed by atoms with van der Waals surface area (Å²) in [5.41, 5.74) is 1.20. The molecule has 1 heterocycles. The van der Waals surface area contributed by atoms with E-state index < -0.39 is 0 Å². The number of rotatable bonds is 6. The van der Waals surface area contributed by atoms with Gasteiger partial charge in [-0.1, -0.05) is 28.9 Å². The molecule has 0 saturated carbocycles. The van der Waals surface area contributed by atoms with Crippen LogP contribution in [0.4, 0.5) is 0 Å². The first kappa shape index (κ1) is 17.9. The number of aromatic nitrogens is 2. The van der Waals surface area contributed by atoms with E-state index in [1.807, 2.05) is 26.0 Å². The van der Waals surface area contributed by atoms with Gasteiger partial charge in [0.25, 0.3) is 5.91 Å². The number of halogens is 1. The van der Waals surface area contributed by atoms with E-state index in [1.54, 1.807) is 36.4 Å². The van der Waals surface area contributed by atoms with Crippen LogP contribution in [-0.2, 0) is 6.54 Å². The molecule has 3 rings (SSSR count). The molecule has 0 saturated heterocycles. The molecular formula is C19H18ClN3O3. The lowest BCUT2D eigenvalue weighted by molar-refractivity contribution is 0.0946. The molecule has 0 unspecified atom stereocenters. The average Bonchev–Trinajstić information content (AvgIpc) is 3.09. The minimum atomic E-state index is -0.237. The SMILES string of the molecule is CC(C)Oc1ccc(C(=O)NCc2nc(-c3ccccc3Cl)no2)cc1. The van der Waals surface area contributed by atoms with Crippen LogP contribution in [-0.4, -0.2) is 22.2 Å². The predicted molar refractivity (Wildman–Crippen MR) is 98.1 cm³/mol. The van der Waals surface area contributed by atoms with Crippen molar-refractivity contribution in [1.29, 1.82) is 0 Å². The first-order valence-corrected chi connectivity index (χ1v) is 8.53. The van der Waals surface area contributed by atoms with Crippen molar-refractivity contribution in [3.05, 3.63) is 65.0 Å². The van der Waals surface area contributed by atoms with Gasteiger partial charge in [-0.25, -0.2) is 0 Å². The van der Waals surface area contributed by atoms with E-state index in [9.17, 15) is 4.79 Å². The van der Waals surface area contributed by atoms with Gasteiger partial charge in [-0.05, 0) is 50.2 Å². The van der Waals surface area contributed by atoms with E-state index in [-0.39, 0.29) is 18.6 Å². The lowest BCUT2D eigenvalue weighted by Gasteiger charge is -2.09. The standard InChI is InChI=1S/C19H18ClN3O3/c1-12(2)25-14-9-7-13(8-10-14)19(24)21-11-17-22-18(23-26-17)15-5-3-4-6-16(15)20/h3-10,12H,11H2,1-2H3,(H,21,24). The van der Waals surface area contributed by atoms with Crippen LogP contribution < -0.4 is 10.1 Å². The lowest BCUT2D eigenvalue weighted by atomic mass is 10.2. The van der Waals surface area contributed by atoms with Gasteiger partial charge in [0.05, 0.1) is 17.7 Å². The van der Waals surface area contributed by atoms with Crippen LogP contribution >= 0.6 is 11.6 Å². The Bertz CT molecular complexity index is 891. The molecule has 7 heteroatoms. The normalized spacial score (nSPS) is 10.8. The summed E-state index contributed by atoms with van der Waals surface area (Å²) in [6.07, 6.45) is 0.0829. The minimum Gasteiger partial charge on any atom is -0.491 e. The van der Waals surface area contributed by atoms with Gasteiger partial charge in [0, 0.05) is 11.1 Å². The quantitative estimate of drug-likeness (QED) is 0.705. The van der Waals surface area contributed by atoms with Crippen LogP contribution in [0.15, 0.2) is 53.1 Å². The second-order valence-electron chi connectivity index (χ2n) is 5.87. The molecule has 0 bridgehead atoms. The van der Waals surface area contributed by atoms with Gasteiger partial charge in [0.2, 0.25) is 11.7 Å². The largest absolute Gasteiger partial charge is 0.491 e. The molecule has 1 aromatic heterocycles. The zero-order chi connectivity index (χ0) is 18.5. The summed E-state index contributed by atoms with van der Waals surface area (Å²) in [4.78, 5) is 16.5. The second-order valence-corrected chi connectivity index (χ2v) is 6.27.